The van der Waals surface area contributed by atoms with Gasteiger partial charge < -0.3 is 24.0 Å². The van der Waals surface area contributed by atoms with Crippen molar-refractivity contribution in [3.63, 3.8) is 0 Å². The van der Waals surface area contributed by atoms with Crippen LogP contribution in [0.2, 0.25) is 0 Å². The normalized spacial score (nSPS) is 18.5. The molecule has 178 valence electrons. The Morgan fingerprint density at radius 2 is 1.53 bits per heavy atom. The molecule has 1 aromatic carbocycles. The fourth-order valence-electron chi connectivity index (χ4n) is 3.84. The quantitative estimate of drug-likeness (QED) is 0.666. The molecule has 0 saturated carbocycles. The highest BCUT2D eigenvalue weighted by Crippen LogP contribution is 2.16. The zero-order valence-electron chi connectivity index (χ0n) is 19.6. The third-order valence-corrected chi connectivity index (χ3v) is 5.69. The number of likely N-dealkylation sites (tertiary alicyclic amines) is 1. The summed E-state index contributed by atoms with van der Waals surface area (Å²) in [5.74, 6) is 0. The van der Waals surface area contributed by atoms with Gasteiger partial charge in [0.2, 0.25) is 0 Å². The third kappa shape index (κ3) is 7.98. The number of ether oxygens (including phenoxy) is 3. The molecule has 2 heterocycles. The SMILES string of the molecule is CC(C)(C)OC(=O)N1CCN(CCOC2CCN(C(=O)OCc3ccccc3)CC2)CC1. The van der Waals surface area contributed by atoms with E-state index in [1.165, 1.54) is 0 Å². The van der Waals surface area contributed by atoms with Crippen LogP contribution in [0, 0.1) is 0 Å². The molecule has 32 heavy (non-hydrogen) atoms. The molecule has 2 saturated heterocycles. The van der Waals surface area contributed by atoms with Crippen LogP contribution in [-0.4, -0.2) is 91.0 Å². The van der Waals surface area contributed by atoms with Gasteiger partial charge in [-0.2, -0.15) is 0 Å². The zero-order valence-corrected chi connectivity index (χ0v) is 19.6. The number of rotatable bonds is 6. The van der Waals surface area contributed by atoms with Crippen molar-refractivity contribution in [3.8, 4) is 0 Å². The van der Waals surface area contributed by atoms with Gasteiger partial charge in [0, 0.05) is 45.8 Å². The molecule has 1 aromatic rings. The fraction of sp³-hybridized carbons (Fsp3) is 0.667. The van der Waals surface area contributed by atoms with Crippen LogP contribution >= 0.6 is 0 Å². The first-order valence-corrected chi connectivity index (χ1v) is 11.6. The van der Waals surface area contributed by atoms with E-state index in [1.807, 2.05) is 51.1 Å². The Labute approximate surface area is 191 Å². The number of nitrogens with zero attached hydrogens (tertiary/aromatic N) is 3. The molecule has 0 spiro atoms. The number of piperidine rings is 1. The Balaban J connectivity index is 1.26. The number of piperazine rings is 1. The van der Waals surface area contributed by atoms with Crippen LogP contribution in [0.25, 0.3) is 0 Å². The Morgan fingerprint density at radius 1 is 0.906 bits per heavy atom. The molecule has 8 nitrogen and oxygen atoms in total. The lowest BCUT2D eigenvalue weighted by Crippen LogP contribution is -2.50. The summed E-state index contributed by atoms with van der Waals surface area (Å²) in [4.78, 5) is 30.3. The molecule has 2 aliphatic rings. The average Bonchev–Trinajstić information content (AvgIpc) is 2.78. The summed E-state index contributed by atoms with van der Waals surface area (Å²) in [6, 6.07) is 9.72. The second-order valence-electron chi connectivity index (χ2n) is 9.41. The topological polar surface area (TPSA) is 71.6 Å². The van der Waals surface area contributed by atoms with Gasteiger partial charge in [0.1, 0.15) is 12.2 Å². The largest absolute Gasteiger partial charge is 0.445 e. The molecular weight excluding hydrogens is 410 g/mol. The van der Waals surface area contributed by atoms with Crippen LogP contribution in [0.1, 0.15) is 39.2 Å². The first kappa shape index (κ1) is 24.3. The minimum absolute atomic E-state index is 0.177. The Kier molecular flexibility index (Phi) is 8.75. The summed E-state index contributed by atoms with van der Waals surface area (Å²) >= 11 is 0. The van der Waals surface area contributed by atoms with Crippen molar-refractivity contribution in [2.75, 3.05) is 52.4 Å². The number of hydrogen-bond donors (Lipinski definition) is 0. The molecule has 0 aromatic heterocycles. The maximum absolute atomic E-state index is 12.3. The predicted octanol–water partition coefficient (Wildman–Crippen LogP) is 3.36. The molecule has 8 heteroatoms. The van der Waals surface area contributed by atoms with Crippen molar-refractivity contribution in [2.24, 2.45) is 0 Å². The van der Waals surface area contributed by atoms with Gasteiger partial charge in [0.25, 0.3) is 0 Å². The highest BCUT2D eigenvalue weighted by Gasteiger charge is 2.27. The lowest BCUT2D eigenvalue weighted by Gasteiger charge is -2.36. The smallest absolute Gasteiger partial charge is 0.410 e. The van der Waals surface area contributed by atoms with Gasteiger partial charge >= 0.3 is 12.2 Å². The Morgan fingerprint density at radius 3 is 2.16 bits per heavy atom. The minimum Gasteiger partial charge on any atom is -0.445 e. The standard InChI is InChI=1S/C24H37N3O5/c1-24(2,3)32-23(29)27-15-13-25(14-16-27)17-18-30-21-9-11-26(12-10-21)22(28)31-19-20-7-5-4-6-8-20/h4-8,21H,9-19H2,1-3H3. The number of carbonyl (C=O) groups is 2. The van der Waals surface area contributed by atoms with Crippen molar-refractivity contribution < 1.29 is 23.8 Å². The summed E-state index contributed by atoms with van der Waals surface area (Å²) in [6.45, 7) is 11.8. The van der Waals surface area contributed by atoms with Crippen LogP contribution < -0.4 is 0 Å². The number of carbonyl (C=O) groups excluding carboxylic acids is 2. The first-order chi connectivity index (χ1) is 15.3. The average molecular weight is 448 g/mol. The first-order valence-electron chi connectivity index (χ1n) is 11.6. The second kappa shape index (κ2) is 11.5. The Hall–Kier alpha value is -2.32. The molecule has 0 aliphatic carbocycles. The van der Waals surface area contributed by atoms with Gasteiger partial charge in [-0.05, 0) is 39.2 Å². The number of benzene rings is 1. The molecule has 0 N–H and O–H groups in total. The van der Waals surface area contributed by atoms with E-state index in [0.29, 0.717) is 39.4 Å². The third-order valence-electron chi connectivity index (χ3n) is 5.69. The summed E-state index contributed by atoms with van der Waals surface area (Å²) in [7, 11) is 0. The monoisotopic (exact) mass is 447 g/mol. The summed E-state index contributed by atoms with van der Waals surface area (Å²) in [5.41, 5.74) is 0.530. The van der Waals surface area contributed by atoms with E-state index in [-0.39, 0.29) is 18.3 Å². The molecule has 0 unspecified atom stereocenters. The molecule has 2 fully saturated rings. The van der Waals surface area contributed by atoms with Crippen molar-refractivity contribution in [3.05, 3.63) is 35.9 Å². The highest BCUT2D eigenvalue weighted by molar-refractivity contribution is 5.68. The maximum atomic E-state index is 12.3. The number of amides is 2. The van der Waals surface area contributed by atoms with Gasteiger partial charge in [0.05, 0.1) is 12.7 Å². The molecule has 0 atom stereocenters. The maximum Gasteiger partial charge on any atom is 0.410 e. The molecule has 0 radical (unpaired) electrons. The van der Waals surface area contributed by atoms with E-state index in [4.69, 9.17) is 14.2 Å². The second-order valence-corrected chi connectivity index (χ2v) is 9.41. The van der Waals surface area contributed by atoms with Crippen LogP contribution in [0.15, 0.2) is 30.3 Å². The van der Waals surface area contributed by atoms with Crippen molar-refractivity contribution in [1.82, 2.24) is 14.7 Å². The van der Waals surface area contributed by atoms with Crippen LogP contribution in [0.3, 0.4) is 0 Å². The van der Waals surface area contributed by atoms with Crippen LogP contribution in [0.4, 0.5) is 9.59 Å². The van der Waals surface area contributed by atoms with Gasteiger partial charge in [-0.1, -0.05) is 30.3 Å². The van der Waals surface area contributed by atoms with E-state index in [9.17, 15) is 9.59 Å². The van der Waals surface area contributed by atoms with Gasteiger partial charge in [-0.3, -0.25) is 4.90 Å². The van der Waals surface area contributed by atoms with Gasteiger partial charge in [0.15, 0.2) is 0 Å². The summed E-state index contributed by atoms with van der Waals surface area (Å²) < 4.78 is 16.9. The summed E-state index contributed by atoms with van der Waals surface area (Å²) in [6.07, 6.45) is 1.34. The lowest BCUT2D eigenvalue weighted by atomic mass is 10.1. The Bertz CT molecular complexity index is 721. The van der Waals surface area contributed by atoms with Gasteiger partial charge in [-0.25, -0.2) is 9.59 Å². The molecular formula is C24H37N3O5. The van der Waals surface area contributed by atoms with Gasteiger partial charge in [-0.15, -0.1) is 0 Å². The van der Waals surface area contributed by atoms with E-state index in [2.05, 4.69) is 4.90 Å². The van der Waals surface area contributed by atoms with E-state index >= 15 is 0 Å². The predicted molar refractivity (Wildman–Crippen MR) is 121 cm³/mol. The summed E-state index contributed by atoms with van der Waals surface area (Å²) in [5, 5.41) is 0. The fourth-order valence-corrected chi connectivity index (χ4v) is 3.84. The molecule has 2 aliphatic heterocycles. The van der Waals surface area contributed by atoms with Crippen molar-refractivity contribution in [2.45, 2.75) is 51.9 Å². The van der Waals surface area contributed by atoms with E-state index in [1.54, 1.807) is 9.80 Å². The van der Waals surface area contributed by atoms with E-state index < -0.39 is 5.60 Å². The van der Waals surface area contributed by atoms with Crippen molar-refractivity contribution >= 4 is 12.2 Å². The number of hydrogen-bond acceptors (Lipinski definition) is 6. The molecule has 3 rings (SSSR count). The van der Waals surface area contributed by atoms with Crippen LogP contribution in [-0.2, 0) is 20.8 Å². The van der Waals surface area contributed by atoms with Crippen molar-refractivity contribution in [1.29, 1.82) is 0 Å². The zero-order chi connectivity index (χ0) is 23.0. The highest BCUT2D eigenvalue weighted by atomic mass is 16.6. The van der Waals surface area contributed by atoms with E-state index in [0.717, 1.165) is 38.0 Å². The molecule has 0 bridgehead atoms. The molecule has 2 amide bonds. The minimum atomic E-state index is -0.462. The van der Waals surface area contributed by atoms with Crippen LogP contribution in [0.5, 0.6) is 0 Å². The lowest BCUT2D eigenvalue weighted by molar-refractivity contribution is -0.0110.